The summed E-state index contributed by atoms with van der Waals surface area (Å²) in [4.78, 5) is 0. The zero-order valence-electron chi connectivity index (χ0n) is 17.0. The van der Waals surface area contributed by atoms with E-state index in [0.717, 1.165) is 9.52 Å². The molecule has 0 fully saturated rings. The first-order chi connectivity index (χ1) is 9.67. The maximum absolute atomic E-state index is 2.24. The second-order valence-corrected chi connectivity index (χ2v) is 7.25. The Morgan fingerprint density at radius 3 is 0.667 bits per heavy atom. The third kappa shape index (κ3) is 9.75. The number of aryl methyl sites for hydroxylation is 4. The van der Waals surface area contributed by atoms with Crippen molar-refractivity contribution in [3.05, 3.63) is 56.6 Å². The third-order valence-electron chi connectivity index (χ3n) is 4.36. The molecule has 0 nitrogen and oxygen atoms in total. The quantitative estimate of drug-likeness (QED) is 0.315. The summed E-state index contributed by atoms with van der Waals surface area (Å²) in [6.07, 6.45) is 0. The first kappa shape index (κ1) is 32.1. The second-order valence-electron chi connectivity index (χ2n) is 6.10. The fraction of sp³-hybridized carbons (Fsp3) is 0.500. The van der Waals surface area contributed by atoms with Crippen molar-refractivity contribution in [2.45, 2.75) is 68.5 Å². The molecule has 2 aromatic rings. The van der Waals surface area contributed by atoms with Crippen molar-refractivity contribution in [1.82, 2.24) is 0 Å². The van der Waals surface area contributed by atoms with E-state index in [4.69, 9.17) is 0 Å². The molecule has 0 aliphatic heterocycles. The van der Waals surface area contributed by atoms with Crippen molar-refractivity contribution in [2.24, 2.45) is 0 Å². The van der Waals surface area contributed by atoms with E-state index in [0.29, 0.717) is 0 Å². The van der Waals surface area contributed by atoms with Crippen LogP contribution >= 0.6 is 0 Å². The van der Waals surface area contributed by atoms with Crippen LogP contribution in [0.1, 0.15) is 44.5 Å². The summed E-state index contributed by atoms with van der Waals surface area (Å²) in [6.45, 7) is 21.8. The molecule has 1 radical (unpaired) electrons. The predicted molar refractivity (Wildman–Crippen MR) is 101 cm³/mol. The predicted octanol–water partition coefficient (Wildman–Crippen LogP) is -0.197. The standard InChI is InChI=1S/2C9H13.C2H7Si.2ClH.Hf/c2*1-6-5-7(2)9(4)8(6)3;1-3-2;;;/h2*5H,1-4H3;3H,1-2H3;2*1H;/q2*-1;;;;+4/p-2. The Morgan fingerprint density at radius 2 is 0.625 bits per heavy atom. The van der Waals surface area contributed by atoms with E-state index in [1.165, 1.54) is 44.5 Å². The van der Waals surface area contributed by atoms with Crippen LogP contribution in [-0.2, 0) is 25.8 Å². The van der Waals surface area contributed by atoms with Crippen LogP contribution < -0.4 is 24.8 Å². The van der Waals surface area contributed by atoms with E-state index in [9.17, 15) is 0 Å². The molecule has 0 aliphatic rings. The van der Waals surface area contributed by atoms with Crippen molar-refractivity contribution < 1.29 is 50.7 Å². The fourth-order valence-electron chi connectivity index (χ4n) is 2.27. The molecular weight excluding hydrogens is 518 g/mol. The normalized spacial score (nSPS) is 8.42. The third-order valence-corrected chi connectivity index (χ3v) is 4.36. The van der Waals surface area contributed by atoms with Gasteiger partial charge in [-0.3, -0.25) is 0 Å². The van der Waals surface area contributed by atoms with Crippen LogP contribution in [0.15, 0.2) is 12.1 Å². The first-order valence-corrected chi connectivity index (χ1v) is 10.1. The largest absolute Gasteiger partial charge is 4.00 e. The maximum Gasteiger partial charge on any atom is 4.00 e. The molecule has 0 aromatic heterocycles. The van der Waals surface area contributed by atoms with Crippen molar-refractivity contribution in [3.63, 3.8) is 0 Å². The van der Waals surface area contributed by atoms with E-state index in [1.54, 1.807) is 0 Å². The van der Waals surface area contributed by atoms with Gasteiger partial charge in [-0.15, -0.1) is 0 Å². The van der Waals surface area contributed by atoms with Gasteiger partial charge in [0, 0.05) is 9.52 Å². The Kier molecular flexibility index (Phi) is 20.9. The first-order valence-electron chi connectivity index (χ1n) is 7.81. The monoisotopic (exact) mass is 551 g/mol. The zero-order valence-corrected chi connectivity index (χ0v) is 23.2. The van der Waals surface area contributed by atoms with Gasteiger partial charge in [0.25, 0.3) is 0 Å². The number of hydrogen-bond donors (Lipinski definition) is 0. The van der Waals surface area contributed by atoms with E-state index in [1.807, 2.05) is 0 Å². The van der Waals surface area contributed by atoms with Gasteiger partial charge in [-0.05, 0) is 0 Å². The van der Waals surface area contributed by atoms with Crippen LogP contribution in [0.4, 0.5) is 0 Å². The van der Waals surface area contributed by atoms with E-state index in [2.05, 4.69) is 80.6 Å². The van der Waals surface area contributed by atoms with Crippen LogP contribution in [0.25, 0.3) is 0 Å². The molecule has 135 valence electrons. The van der Waals surface area contributed by atoms with Gasteiger partial charge < -0.3 is 24.8 Å². The Labute approximate surface area is 184 Å². The molecule has 0 unspecified atom stereocenters. The molecule has 0 spiro atoms. The summed E-state index contributed by atoms with van der Waals surface area (Å²) >= 11 is 0. The molecule has 0 saturated carbocycles. The Bertz CT molecular complexity index is 473. The molecule has 0 saturated heterocycles. The van der Waals surface area contributed by atoms with E-state index in [-0.39, 0.29) is 50.7 Å². The summed E-state index contributed by atoms with van der Waals surface area (Å²) in [5, 5.41) is 0. The minimum atomic E-state index is 0. The van der Waals surface area contributed by atoms with Gasteiger partial charge in [0.15, 0.2) is 0 Å². The molecule has 2 aromatic carbocycles. The van der Waals surface area contributed by atoms with Gasteiger partial charge in [-0.2, -0.15) is 56.6 Å². The molecule has 0 N–H and O–H groups in total. The van der Waals surface area contributed by atoms with Gasteiger partial charge in [0.05, 0.1) is 0 Å². The summed E-state index contributed by atoms with van der Waals surface area (Å²) in [5.74, 6) is 0. The van der Waals surface area contributed by atoms with Crippen molar-refractivity contribution in [1.29, 1.82) is 0 Å². The van der Waals surface area contributed by atoms with Gasteiger partial charge in [0.2, 0.25) is 0 Å². The SMILES string of the molecule is C[SiH]C.Cc1[cH-]c(C)c(C)c1C.Cc1[cH-]c(C)c(C)c1C.[Cl-].[Cl-].[Hf+4]. The number of rotatable bonds is 0. The topological polar surface area (TPSA) is 0 Å². The molecule has 0 heterocycles. The molecule has 0 bridgehead atoms. The molecule has 0 aliphatic carbocycles. The van der Waals surface area contributed by atoms with Gasteiger partial charge in [-0.1, -0.05) is 68.5 Å². The second kappa shape index (κ2) is 15.6. The van der Waals surface area contributed by atoms with E-state index < -0.39 is 0 Å². The number of halogens is 2. The smallest absolute Gasteiger partial charge is 1.00 e. The van der Waals surface area contributed by atoms with Crippen molar-refractivity contribution in [3.8, 4) is 0 Å². The van der Waals surface area contributed by atoms with Crippen LogP contribution in [0.3, 0.4) is 0 Å². The van der Waals surface area contributed by atoms with Crippen molar-refractivity contribution in [2.75, 3.05) is 0 Å². The summed E-state index contributed by atoms with van der Waals surface area (Å²) in [5.41, 5.74) is 11.5. The Morgan fingerprint density at radius 1 is 0.500 bits per heavy atom. The molecule has 0 amide bonds. The van der Waals surface area contributed by atoms with Gasteiger partial charge >= 0.3 is 25.8 Å². The average Bonchev–Trinajstić information content (AvgIpc) is 2.77. The van der Waals surface area contributed by atoms with E-state index >= 15 is 0 Å². The van der Waals surface area contributed by atoms with Gasteiger partial charge in [-0.25, -0.2) is 0 Å². The summed E-state index contributed by atoms with van der Waals surface area (Å²) in [6, 6.07) is 4.48. The average molecular weight is 551 g/mol. The van der Waals surface area contributed by atoms with Gasteiger partial charge in [0.1, 0.15) is 0 Å². The van der Waals surface area contributed by atoms with Crippen LogP contribution in [0.2, 0.25) is 13.1 Å². The fourth-order valence-corrected chi connectivity index (χ4v) is 2.27. The zero-order chi connectivity index (χ0) is 16.7. The minimum Gasteiger partial charge on any atom is -1.00 e. The van der Waals surface area contributed by atoms with Crippen LogP contribution in [-0.4, -0.2) is 9.52 Å². The molecule has 0 atom stereocenters. The maximum atomic E-state index is 2.24. The molecule has 2 rings (SSSR count). The van der Waals surface area contributed by atoms with Crippen molar-refractivity contribution >= 4 is 9.52 Å². The summed E-state index contributed by atoms with van der Waals surface area (Å²) < 4.78 is 0. The van der Waals surface area contributed by atoms with Crippen LogP contribution in [0.5, 0.6) is 0 Å². The Balaban J connectivity index is -0.000000130. The number of hydrogen-bond acceptors (Lipinski definition) is 0. The summed E-state index contributed by atoms with van der Waals surface area (Å²) in [7, 11) is 0.750. The Hall–Kier alpha value is 0.367. The van der Waals surface area contributed by atoms with Crippen LogP contribution in [0, 0.1) is 55.4 Å². The molecular formula is C20H33Cl2HfSi. The molecule has 4 heteroatoms. The molecule has 24 heavy (non-hydrogen) atoms. The minimum absolute atomic E-state index is 0.